The molecule has 0 aromatic heterocycles. The highest BCUT2D eigenvalue weighted by Gasteiger charge is 2.62. The summed E-state index contributed by atoms with van der Waals surface area (Å²) in [7, 11) is 0. The maximum atomic E-state index is 3.45. The average molecular weight is 225 g/mol. The zero-order chi connectivity index (χ0) is 5.78. The first kappa shape index (κ1) is 5.44. The van der Waals surface area contributed by atoms with Crippen molar-refractivity contribution < 1.29 is 2.70 Å². The van der Waals surface area contributed by atoms with E-state index in [0.717, 1.165) is 12.2 Å². The Labute approximate surface area is 63.3 Å². The molecule has 2 aliphatic heterocycles. The van der Waals surface area contributed by atoms with Gasteiger partial charge >= 0.3 is 0 Å². The van der Waals surface area contributed by atoms with Gasteiger partial charge in [-0.2, -0.15) is 0 Å². The van der Waals surface area contributed by atoms with Crippen LogP contribution in [0.15, 0.2) is 0 Å². The fraction of sp³-hybridized carbons (Fsp3) is 1.00. The highest BCUT2D eigenvalue weighted by Crippen LogP contribution is 2.42. The summed E-state index contributed by atoms with van der Waals surface area (Å²) in [6.07, 6.45) is 0.811. The number of piperazine rings is 1. The van der Waals surface area contributed by atoms with Crippen molar-refractivity contribution in [2.24, 2.45) is 0 Å². The van der Waals surface area contributed by atoms with E-state index in [4.69, 9.17) is 0 Å². The van der Waals surface area contributed by atoms with Crippen LogP contribution in [-0.4, -0.2) is 28.0 Å². The molecule has 2 saturated heterocycles. The number of hydrogen-bond donors (Lipinski definition) is 1. The van der Waals surface area contributed by atoms with Crippen LogP contribution in [0.25, 0.3) is 0 Å². The molecular formula is C5H10IN2+. The highest BCUT2D eigenvalue weighted by molar-refractivity contribution is 14.1. The third-order valence-electron chi connectivity index (χ3n) is 2.22. The number of halogens is 1. The van der Waals surface area contributed by atoms with Crippen LogP contribution >= 0.6 is 22.9 Å². The monoisotopic (exact) mass is 225 g/mol. The van der Waals surface area contributed by atoms with Gasteiger partial charge in [-0.3, -0.25) is 5.32 Å². The Morgan fingerprint density at radius 1 is 1.75 bits per heavy atom. The number of quaternary nitrogens is 1. The Morgan fingerprint density at radius 2 is 2.50 bits per heavy atom. The van der Waals surface area contributed by atoms with Crippen molar-refractivity contribution in [2.45, 2.75) is 19.1 Å². The van der Waals surface area contributed by atoms with Crippen LogP contribution in [0.4, 0.5) is 0 Å². The van der Waals surface area contributed by atoms with E-state index < -0.39 is 0 Å². The Bertz CT molecular complexity index is 126. The molecule has 0 amide bonds. The lowest BCUT2D eigenvalue weighted by molar-refractivity contribution is -0.634. The lowest BCUT2D eigenvalue weighted by Crippen LogP contribution is -2.25. The number of hydrogen-bond acceptors (Lipinski definition) is 1. The van der Waals surface area contributed by atoms with Crippen LogP contribution in [-0.2, 0) is 0 Å². The van der Waals surface area contributed by atoms with Gasteiger partial charge in [0.25, 0.3) is 22.9 Å². The molecule has 0 saturated carbocycles. The summed E-state index contributed by atoms with van der Waals surface area (Å²) in [5.74, 6) is 0. The fourth-order valence-electron chi connectivity index (χ4n) is 1.38. The van der Waals surface area contributed by atoms with Crippen LogP contribution in [0, 0.1) is 0 Å². The summed E-state index contributed by atoms with van der Waals surface area (Å²) < 4.78 is 1.26. The normalized spacial score (nSPS) is 60.8. The minimum Gasteiger partial charge on any atom is -0.256 e. The first-order chi connectivity index (χ1) is 3.73. The van der Waals surface area contributed by atoms with E-state index in [-0.39, 0.29) is 0 Å². The third kappa shape index (κ3) is 0.498. The van der Waals surface area contributed by atoms with Gasteiger partial charge in [0.05, 0.1) is 6.54 Å². The number of fused-ring (bicyclic) bond motifs is 1. The summed E-state index contributed by atoms with van der Waals surface area (Å²) in [5.41, 5.74) is 0. The molecule has 2 nitrogen and oxygen atoms in total. The molecule has 2 heterocycles. The van der Waals surface area contributed by atoms with Crippen LogP contribution in [0.5, 0.6) is 0 Å². The minimum absolute atomic E-state index is 0.811. The molecule has 0 spiro atoms. The van der Waals surface area contributed by atoms with Gasteiger partial charge < -0.3 is 0 Å². The molecule has 1 unspecified atom stereocenters. The largest absolute Gasteiger partial charge is 0.256 e. The summed E-state index contributed by atoms with van der Waals surface area (Å²) >= 11 is 2.54. The van der Waals surface area contributed by atoms with Crippen LogP contribution < -0.4 is 5.32 Å². The van der Waals surface area contributed by atoms with Gasteiger partial charge in [0, 0.05) is 0 Å². The molecule has 8 heavy (non-hydrogen) atoms. The minimum atomic E-state index is 0.811. The van der Waals surface area contributed by atoms with Crippen molar-refractivity contribution in [1.82, 2.24) is 5.32 Å². The van der Waals surface area contributed by atoms with Gasteiger partial charge in [-0.15, -0.1) is 0 Å². The molecular weight excluding hydrogens is 215 g/mol. The molecule has 2 rings (SSSR count). The van der Waals surface area contributed by atoms with Gasteiger partial charge in [0.15, 0.2) is 6.54 Å². The number of nitrogens with one attached hydrogen (secondary N) is 1. The average Bonchev–Trinajstić information content (AvgIpc) is 2.31. The van der Waals surface area contributed by atoms with Crippen LogP contribution in [0.2, 0.25) is 0 Å². The second-order valence-electron chi connectivity index (χ2n) is 2.78. The Hall–Kier alpha value is 0.650. The topological polar surface area (TPSA) is 12.0 Å². The van der Waals surface area contributed by atoms with E-state index >= 15 is 0 Å². The molecule has 0 bridgehead atoms. The highest BCUT2D eigenvalue weighted by atomic mass is 127. The maximum absolute atomic E-state index is 3.45. The molecule has 3 atom stereocenters. The van der Waals surface area contributed by atoms with Crippen LogP contribution in [0.1, 0.15) is 6.92 Å². The lowest BCUT2D eigenvalue weighted by Gasteiger charge is -2.09. The van der Waals surface area contributed by atoms with Gasteiger partial charge in [-0.05, 0) is 6.92 Å². The van der Waals surface area contributed by atoms with E-state index in [1.54, 1.807) is 0 Å². The standard InChI is InChI=1S/C5H10IN2/c1-4-2-7-5-3-8(4,5)6/h4-5,7H,2-3H2,1H3/q+1/t4-,5-,8?/m0/s1. The van der Waals surface area contributed by atoms with E-state index in [1.165, 1.54) is 15.8 Å². The van der Waals surface area contributed by atoms with E-state index in [1.807, 2.05) is 0 Å². The van der Waals surface area contributed by atoms with Crippen molar-refractivity contribution in [3.63, 3.8) is 0 Å². The Morgan fingerprint density at radius 3 is 2.62 bits per heavy atom. The molecule has 2 fully saturated rings. The quantitative estimate of drug-likeness (QED) is 0.359. The second kappa shape index (κ2) is 1.38. The van der Waals surface area contributed by atoms with Crippen LogP contribution in [0.3, 0.4) is 0 Å². The van der Waals surface area contributed by atoms with E-state index in [2.05, 4.69) is 35.1 Å². The summed E-state index contributed by atoms with van der Waals surface area (Å²) in [4.78, 5) is 0. The van der Waals surface area contributed by atoms with Gasteiger partial charge in [0.1, 0.15) is 6.04 Å². The zero-order valence-electron chi connectivity index (χ0n) is 4.89. The predicted molar refractivity (Wildman–Crippen MR) is 40.4 cm³/mol. The first-order valence-corrected chi connectivity index (χ1v) is 4.00. The van der Waals surface area contributed by atoms with Crippen molar-refractivity contribution in [3.05, 3.63) is 0 Å². The number of rotatable bonds is 0. The molecule has 0 radical (unpaired) electrons. The van der Waals surface area contributed by atoms with Crippen molar-refractivity contribution in [1.29, 1.82) is 0 Å². The maximum Gasteiger partial charge on any atom is 0.250 e. The molecule has 2 aliphatic rings. The predicted octanol–water partition coefficient (Wildman–Crippen LogP) is 0.485. The molecule has 3 heteroatoms. The summed E-state index contributed by atoms with van der Waals surface area (Å²) in [6.45, 7) is 4.88. The fourth-order valence-corrected chi connectivity index (χ4v) is 2.15. The van der Waals surface area contributed by atoms with Gasteiger partial charge in [-0.25, -0.2) is 2.70 Å². The number of nitrogens with zero attached hydrogens (tertiary/aromatic N) is 1. The second-order valence-corrected chi connectivity index (χ2v) is 4.58. The van der Waals surface area contributed by atoms with Gasteiger partial charge in [-0.1, -0.05) is 0 Å². The zero-order valence-corrected chi connectivity index (χ0v) is 7.05. The summed E-state index contributed by atoms with van der Waals surface area (Å²) in [6, 6.07) is 0.848. The molecule has 1 N–H and O–H groups in total. The van der Waals surface area contributed by atoms with E-state index in [0.29, 0.717) is 0 Å². The Kier molecular flexibility index (Phi) is 0.939. The third-order valence-corrected chi connectivity index (χ3v) is 4.24. The van der Waals surface area contributed by atoms with Crippen molar-refractivity contribution in [3.8, 4) is 0 Å². The first-order valence-electron chi connectivity index (χ1n) is 3.04. The SMILES string of the molecule is C[C@H]1CN[C@@H]2C[N+]12I. The van der Waals surface area contributed by atoms with Crippen molar-refractivity contribution in [2.75, 3.05) is 13.1 Å². The summed E-state index contributed by atoms with van der Waals surface area (Å²) in [5, 5.41) is 3.45. The van der Waals surface area contributed by atoms with Crippen molar-refractivity contribution >= 4 is 22.9 Å². The van der Waals surface area contributed by atoms with Gasteiger partial charge in [0.2, 0.25) is 6.17 Å². The van der Waals surface area contributed by atoms with E-state index in [9.17, 15) is 0 Å². The molecule has 0 aromatic rings. The lowest BCUT2D eigenvalue weighted by atomic mass is 10.4. The Balaban J connectivity index is 2.19. The molecule has 46 valence electrons. The molecule has 0 aromatic carbocycles. The molecule has 0 aliphatic carbocycles. The smallest absolute Gasteiger partial charge is 0.250 e.